The van der Waals surface area contributed by atoms with Gasteiger partial charge in [-0.25, -0.2) is 9.82 Å². The molecule has 0 bridgehead atoms. The van der Waals surface area contributed by atoms with E-state index < -0.39 is 11.7 Å². The molecule has 2 rings (SSSR count). The molecule has 0 aliphatic heterocycles. The van der Waals surface area contributed by atoms with Gasteiger partial charge < -0.3 is 19.1 Å². The quantitative estimate of drug-likeness (QED) is 0.439. The second-order valence-corrected chi connectivity index (χ2v) is 7.00. The molecule has 0 aliphatic rings. The van der Waals surface area contributed by atoms with Crippen LogP contribution in [0.1, 0.15) is 5.56 Å². The zero-order valence-corrected chi connectivity index (χ0v) is 18.2. The lowest BCUT2D eigenvalue weighted by Crippen LogP contribution is -2.27. The van der Waals surface area contributed by atoms with E-state index in [-0.39, 0.29) is 19.1 Å². The predicted octanol–water partition coefficient (Wildman–Crippen LogP) is 2.59. The second kappa shape index (κ2) is 11.1. The van der Waals surface area contributed by atoms with E-state index in [2.05, 4.69) is 26.5 Å². The Morgan fingerprint density at radius 2 is 1.87 bits per heavy atom. The molecule has 2 aromatic rings. The molecule has 160 valence electrons. The monoisotopic (exact) mass is 481 g/mol. The highest BCUT2D eigenvalue weighted by Crippen LogP contribution is 2.36. The molecule has 2 aromatic carbocycles. The number of likely N-dealkylation sites (N-methyl/N-ethyl adjacent to an activating group) is 1. The van der Waals surface area contributed by atoms with Gasteiger partial charge in [0.05, 0.1) is 17.8 Å². The van der Waals surface area contributed by atoms with Crippen molar-refractivity contribution in [1.29, 1.82) is 0 Å². The van der Waals surface area contributed by atoms with Gasteiger partial charge in [-0.2, -0.15) is 5.10 Å². The summed E-state index contributed by atoms with van der Waals surface area (Å²) in [6.45, 7) is -0.415. The van der Waals surface area contributed by atoms with E-state index in [0.717, 1.165) is 0 Å². The molecule has 0 atom stereocenters. The maximum atomic E-state index is 12.8. The molecular weight excluding hydrogens is 461 g/mol. The van der Waals surface area contributed by atoms with E-state index in [4.69, 9.17) is 14.2 Å². The molecule has 0 saturated carbocycles. The van der Waals surface area contributed by atoms with Gasteiger partial charge in [-0.05, 0) is 57.9 Å². The summed E-state index contributed by atoms with van der Waals surface area (Å²) in [6, 6.07) is 8.66. The fourth-order valence-electron chi connectivity index (χ4n) is 2.11. The first-order valence-corrected chi connectivity index (χ1v) is 9.50. The van der Waals surface area contributed by atoms with Crippen molar-refractivity contribution in [2.24, 2.45) is 5.10 Å². The smallest absolute Gasteiger partial charge is 0.277 e. The van der Waals surface area contributed by atoms with Crippen LogP contribution in [0.15, 0.2) is 46.0 Å². The van der Waals surface area contributed by atoms with Crippen molar-refractivity contribution in [2.45, 2.75) is 0 Å². The first kappa shape index (κ1) is 23.1. The molecule has 10 heteroatoms. The molecule has 0 fully saturated rings. The van der Waals surface area contributed by atoms with Gasteiger partial charge in [0.1, 0.15) is 11.6 Å². The van der Waals surface area contributed by atoms with Crippen molar-refractivity contribution in [3.8, 4) is 17.2 Å². The molecular formula is C20H21BrFN3O5. The van der Waals surface area contributed by atoms with E-state index in [1.54, 1.807) is 26.2 Å². The van der Waals surface area contributed by atoms with E-state index in [1.807, 2.05) is 0 Å². The van der Waals surface area contributed by atoms with Gasteiger partial charge in [0.2, 0.25) is 0 Å². The fraction of sp³-hybridized carbons (Fsp3) is 0.250. The van der Waals surface area contributed by atoms with Crippen molar-refractivity contribution in [2.75, 3.05) is 34.4 Å². The number of hydrazone groups is 1. The Balaban J connectivity index is 1.94. The summed E-state index contributed by atoms with van der Waals surface area (Å²) < 4.78 is 29.5. The normalized spacial score (nSPS) is 10.6. The van der Waals surface area contributed by atoms with Crippen LogP contribution in [0.4, 0.5) is 4.39 Å². The second-order valence-electron chi connectivity index (χ2n) is 6.15. The molecule has 1 N–H and O–H groups in total. The molecule has 0 radical (unpaired) electrons. The Morgan fingerprint density at radius 1 is 1.17 bits per heavy atom. The number of carbonyl (C=O) groups is 2. The minimum atomic E-state index is -0.483. The number of nitrogens with one attached hydrogen (secondary N) is 1. The van der Waals surface area contributed by atoms with Gasteiger partial charge in [0, 0.05) is 14.1 Å². The number of carbonyl (C=O) groups excluding carboxylic acids is 2. The van der Waals surface area contributed by atoms with Crippen LogP contribution >= 0.6 is 15.9 Å². The molecule has 30 heavy (non-hydrogen) atoms. The minimum absolute atomic E-state index is 0.139. The average Bonchev–Trinajstić information content (AvgIpc) is 2.71. The zero-order valence-electron chi connectivity index (χ0n) is 16.6. The fourth-order valence-corrected chi connectivity index (χ4v) is 2.68. The summed E-state index contributed by atoms with van der Waals surface area (Å²) >= 11 is 3.38. The molecule has 0 aliphatic carbocycles. The third-order valence-electron chi connectivity index (χ3n) is 3.68. The van der Waals surface area contributed by atoms with E-state index in [9.17, 15) is 14.0 Å². The van der Waals surface area contributed by atoms with Crippen LogP contribution in [-0.4, -0.2) is 57.3 Å². The van der Waals surface area contributed by atoms with Gasteiger partial charge in [-0.15, -0.1) is 0 Å². The molecule has 0 saturated heterocycles. The Labute approximate surface area is 181 Å². The van der Waals surface area contributed by atoms with Crippen LogP contribution in [0.25, 0.3) is 0 Å². The molecule has 0 unspecified atom stereocenters. The van der Waals surface area contributed by atoms with Crippen molar-refractivity contribution in [1.82, 2.24) is 10.3 Å². The molecule has 0 spiro atoms. The first-order valence-electron chi connectivity index (χ1n) is 8.71. The zero-order chi connectivity index (χ0) is 22.1. The standard InChI is InChI=1S/C20H21BrFN3O5/c1-25(2)19(27)12-30-20-16(21)8-13(9-17(20)28-3)10-23-24-18(26)11-29-15-6-4-14(22)5-7-15/h4-10H,11-12H2,1-3H3,(H,24,26)/b23-10-. The van der Waals surface area contributed by atoms with E-state index in [1.165, 1.54) is 42.5 Å². The van der Waals surface area contributed by atoms with Crippen LogP contribution in [0.3, 0.4) is 0 Å². The summed E-state index contributed by atoms with van der Waals surface area (Å²) in [5.74, 6) is 0.0695. The van der Waals surface area contributed by atoms with Crippen molar-refractivity contribution < 1.29 is 28.2 Å². The maximum absolute atomic E-state index is 12.8. The van der Waals surface area contributed by atoms with Gasteiger partial charge in [0.15, 0.2) is 24.7 Å². The summed E-state index contributed by atoms with van der Waals surface area (Å²) in [7, 11) is 4.74. The number of hydrogen-bond donors (Lipinski definition) is 1. The molecule has 0 aromatic heterocycles. The van der Waals surface area contributed by atoms with Gasteiger partial charge in [-0.3, -0.25) is 9.59 Å². The third-order valence-corrected chi connectivity index (χ3v) is 4.27. The summed E-state index contributed by atoms with van der Waals surface area (Å²) in [4.78, 5) is 24.9. The molecule has 8 nitrogen and oxygen atoms in total. The average molecular weight is 482 g/mol. The highest BCUT2D eigenvalue weighted by Gasteiger charge is 2.14. The lowest BCUT2D eigenvalue weighted by atomic mass is 10.2. The van der Waals surface area contributed by atoms with E-state index >= 15 is 0 Å². The molecule has 2 amide bonds. The summed E-state index contributed by atoms with van der Waals surface area (Å²) in [6.07, 6.45) is 1.41. The van der Waals surface area contributed by atoms with Gasteiger partial charge in [-0.1, -0.05) is 0 Å². The van der Waals surface area contributed by atoms with Crippen LogP contribution in [0.2, 0.25) is 0 Å². The number of nitrogens with zero attached hydrogens (tertiary/aromatic N) is 2. The Bertz CT molecular complexity index is 919. The Hall–Kier alpha value is -3.14. The van der Waals surface area contributed by atoms with Gasteiger partial charge >= 0.3 is 0 Å². The SMILES string of the molecule is COc1cc(/C=N\NC(=O)COc2ccc(F)cc2)cc(Br)c1OCC(=O)N(C)C. The first-order chi connectivity index (χ1) is 14.3. The van der Waals surface area contributed by atoms with E-state index in [0.29, 0.717) is 27.3 Å². The number of hydrogen-bond acceptors (Lipinski definition) is 6. The number of methoxy groups -OCH3 is 1. The number of benzene rings is 2. The lowest BCUT2D eigenvalue weighted by molar-refractivity contribution is -0.130. The minimum Gasteiger partial charge on any atom is -0.493 e. The highest BCUT2D eigenvalue weighted by molar-refractivity contribution is 9.10. The third kappa shape index (κ3) is 7.03. The van der Waals surface area contributed by atoms with Crippen LogP contribution in [-0.2, 0) is 9.59 Å². The maximum Gasteiger partial charge on any atom is 0.277 e. The van der Waals surface area contributed by atoms with Crippen molar-refractivity contribution in [3.63, 3.8) is 0 Å². The van der Waals surface area contributed by atoms with Crippen LogP contribution < -0.4 is 19.6 Å². The predicted molar refractivity (Wildman–Crippen MR) is 113 cm³/mol. The van der Waals surface area contributed by atoms with Gasteiger partial charge in [0.25, 0.3) is 11.8 Å². The summed E-state index contributed by atoms with van der Waals surface area (Å²) in [5, 5.41) is 3.87. The number of amides is 2. The number of halogens is 2. The summed E-state index contributed by atoms with van der Waals surface area (Å²) in [5.41, 5.74) is 2.95. The van der Waals surface area contributed by atoms with Crippen LogP contribution in [0.5, 0.6) is 17.2 Å². The number of ether oxygens (including phenoxy) is 3. The topological polar surface area (TPSA) is 89.5 Å². The molecule has 0 heterocycles. The van der Waals surface area contributed by atoms with Crippen molar-refractivity contribution >= 4 is 34.0 Å². The van der Waals surface area contributed by atoms with Crippen molar-refractivity contribution in [3.05, 3.63) is 52.3 Å². The highest BCUT2D eigenvalue weighted by atomic mass is 79.9. The van der Waals surface area contributed by atoms with Crippen LogP contribution in [0, 0.1) is 5.82 Å². The number of rotatable bonds is 9. The Morgan fingerprint density at radius 3 is 2.50 bits per heavy atom. The largest absolute Gasteiger partial charge is 0.493 e. The lowest BCUT2D eigenvalue weighted by Gasteiger charge is -2.15. The Kier molecular flexibility index (Phi) is 8.60.